The van der Waals surface area contributed by atoms with Crippen LogP contribution in [0.1, 0.15) is 34.4 Å². The zero-order chi connectivity index (χ0) is 19.5. The molecule has 0 atom stereocenters. The summed E-state index contributed by atoms with van der Waals surface area (Å²) in [6, 6.07) is 10.3. The Balaban J connectivity index is 1.38. The molecule has 0 saturated carbocycles. The number of aromatic amines is 1. The fourth-order valence-electron chi connectivity index (χ4n) is 3.22. The highest BCUT2D eigenvalue weighted by atomic mass is 32.2. The number of amides is 1. The van der Waals surface area contributed by atoms with Crippen LogP contribution in [-0.2, 0) is 17.6 Å². The van der Waals surface area contributed by atoms with E-state index in [9.17, 15) is 10.1 Å². The van der Waals surface area contributed by atoms with Gasteiger partial charge in [0.05, 0.1) is 11.3 Å². The lowest BCUT2D eigenvalue weighted by atomic mass is 9.96. The van der Waals surface area contributed by atoms with Gasteiger partial charge in [0.1, 0.15) is 11.1 Å². The molecule has 1 aliphatic carbocycles. The van der Waals surface area contributed by atoms with Crippen LogP contribution in [0.4, 0.5) is 5.00 Å². The summed E-state index contributed by atoms with van der Waals surface area (Å²) >= 11 is 2.81. The number of hydrogen-bond donors (Lipinski definition) is 2. The molecule has 0 spiro atoms. The average Bonchev–Trinajstić information content (AvgIpc) is 3.31. The number of carbonyl (C=O) groups excluding carboxylic acids is 1. The van der Waals surface area contributed by atoms with E-state index in [1.165, 1.54) is 33.5 Å². The van der Waals surface area contributed by atoms with E-state index in [0.717, 1.165) is 36.8 Å². The second-order valence-corrected chi connectivity index (χ2v) is 8.74. The fraction of sp³-hybridized carbons (Fsp3) is 0.300. The highest BCUT2D eigenvalue weighted by Gasteiger charge is 2.22. The number of nitrogens with zero attached hydrogens (tertiary/aromatic N) is 3. The van der Waals surface area contributed by atoms with Gasteiger partial charge in [0.15, 0.2) is 5.82 Å². The van der Waals surface area contributed by atoms with E-state index in [1.807, 2.05) is 31.2 Å². The van der Waals surface area contributed by atoms with Gasteiger partial charge in [0.25, 0.3) is 0 Å². The van der Waals surface area contributed by atoms with Crippen LogP contribution in [-0.4, -0.2) is 26.8 Å². The molecule has 1 aromatic carbocycles. The molecule has 28 heavy (non-hydrogen) atoms. The molecule has 3 aromatic rings. The number of anilines is 1. The zero-order valence-corrected chi connectivity index (χ0v) is 17.0. The molecule has 0 unspecified atom stereocenters. The second-order valence-electron chi connectivity index (χ2n) is 6.70. The zero-order valence-electron chi connectivity index (χ0n) is 15.4. The molecule has 0 aliphatic heterocycles. The van der Waals surface area contributed by atoms with Crippen molar-refractivity contribution >= 4 is 34.0 Å². The summed E-state index contributed by atoms with van der Waals surface area (Å²) in [5.74, 6) is 0.723. The number of thioether (sulfide) groups is 1. The number of benzene rings is 1. The molecule has 4 rings (SSSR count). The summed E-state index contributed by atoms with van der Waals surface area (Å²) < 4.78 is 0. The molecular formula is C20H19N5OS2. The summed E-state index contributed by atoms with van der Waals surface area (Å²) in [4.78, 5) is 18.1. The van der Waals surface area contributed by atoms with Crippen molar-refractivity contribution < 1.29 is 4.79 Å². The van der Waals surface area contributed by atoms with Crippen LogP contribution in [0.3, 0.4) is 0 Å². The summed E-state index contributed by atoms with van der Waals surface area (Å²) in [6.07, 6.45) is 4.18. The summed E-state index contributed by atoms with van der Waals surface area (Å²) in [6.45, 7) is 2.03. The van der Waals surface area contributed by atoms with E-state index in [2.05, 4.69) is 26.6 Å². The summed E-state index contributed by atoms with van der Waals surface area (Å²) in [7, 11) is 0. The Morgan fingerprint density at radius 1 is 1.32 bits per heavy atom. The number of rotatable bonds is 5. The predicted molar refractivity (Wildman–Crippen MR) is 112 cm³/mol. The van der Waals surface area contributed by atoms with Crippen molar-refractivity contribution in [1.29, 1.82) is 5.26 Å². The number of hydrogen-bond acceptors (Lipinski definition) is 6. The minimum Gasteiger partial charge on any atom is -0.316 e. The lowest BCUT2D eigenvalue weighted by Crippen LogP contribution is -2.14. The molecule has 6 nitrogen and oxygen atoms in total. The standard InChI is InChI=1S/C20H19N5OS2/c1-12-6-8-13(9-7-12)18-23-20(25-24-18)27-11-17(26)22-19-15(10-21)14-4-2-3-5-16(14)28-19/h6-9H,2-5,11H2,1H3,(H,22,26)(H,23,24,25). The molecule has 1 amide bonds. The van der Waals surface area contributed by atoms with Gasteiger partial charge in [-0.15, -0.1) is 16.4 Å². The average molecular weight is 410 g/mol. The molecule has 8 heteroatoms. The summed E-state index contributed by atoms with van der Waals surface area (Å²) in [5, 5.41) is 20.7. The maximum Gasteiger partial charge on any atom is 0.235 e. The van der Waals surface area contributed by atoms with E-state index < -0.39 is 0 Å². The monoisotopic (exact) mass is 409 g/mol. The number of aromatic nitrogens is 3. The number of nitrogens with one attached hydrogen (secondary N) is 2. The van der Waals surface area contributed by atoms with Crippen LogP contribution in [0, 0.1) is 18.3 Å². The van der Waals surface area contributed by atoms with Crippen molar-refractivity contribution in [1.82, 2.24) is 15.2 Å². The van der Waals surface area contributed by atoms with Crippen LogP contribution in [0.25, 0.3) is 11.4 Å². The van der Waals surface area contributed by atoms with Crippen LogP contribution >= 0.6 is 23.1 Å². The third-order valence-electron chi connectivity index (χ3n) is 4.66. The van der Waals surface area contributed by atoms with Gasteiger partial charge in [-0.2, -0.15) is 5.26 Å². The second kappa shape index (κ2) is 8.17. The largest absolute Gasteiger partial charge is 0.316 e. The molecule has 0 saturated heterocycles. The summed E-state index contributed by atoms with van der Waals surface area (Å²) in [5.41, 5.74) is 3.90. The van der Waals surface area contributed by atoms with E-state index >= 15 is 0 Å². The van der Waals surface area contributed by atoms with Gasteiger partial charge in [0, 0.05) is 10.4 Å². The first-order chi connectivity index (χ1) is 13.6. The highest BCUT2D eigenvalue weighted by molar-refractivity contribution is 7.99. The van der Waals surface area contributed by atoms with E-state index in [1.54, 1.807) is 0 Å². The number of aryl methyl sites for hydroxylation is 2. The van der Waals surface area contributed by atoms with Crippen LogP contribution in [0.15, 0.2) is 29.4 Å². The van der Waals surface area contributed by atoms with Gasteiger partial charge < -0.3 is 5.32 Å². The van der Waals surface area contributed by atoms with Gasteiger partial charge in [-0.3, -0.25) is 9.89 Å². The molecule has 0 bridgehead atoms. The number of nitriles is 1. The Hall–Kier alpha value is -2.63. The first-order valence-electron chi connectivity index (χ1n) is 9.11. The third kappa shape index (κ3) is 3.96. The minimum atomic E-state index is -0.151. The smallest absolute Gasteiger partial charge is 0.235 e. The Morgan fingerprint density at radius 2 is 2.11 bits per heavy atom. The van der Waals surface area contributed by atoms with Crippen LogP contribution in [0.2, 0.25) is 0 Å². The maximum absolute atomic E-state index is 12.4. The van der Waals surface area contributed by atoms with Gasteiger partial charge in [0.2, 0.25) is 11.1 Å². The fourth-order valence-corrected chi connectivity index (χ4v) is 5.07. The Bertz CT molecular complexity index is 1050. The normalized spacial score (nSPS) is 13.0. The topological polar surface area (TPSA) is 94.5 Å². The number of thiophene rings is 1. The Kier molecular flexibility index (Phi) is 5.46. The predicted octanol–water partition coefficient (Wildman–Crippen LogP) is 4.32. The molecule has 2 N–H and O–H groups in total. The van der Waals surface area contributed by atoms with Crippen molar-refractivity contribution in [2.75, 3.05) is 11.1 Å². The van der Waals surface area contributed by atoms with E-state index in [4.69, 9.17) is 0 Å². The van der Waals surface area contributed by atoms with Crippen molar-refractivity contribution in [3.63, 3.8) is 0 Å². The SMILES string of the molecule is Cc1ccc(-c2nc(SCC(=O)Nc3sc4c(c3C#N)CCCC4)n[nH]2)cc1. The molecule has 2 heterocycles. The number of H-pyrrole nitrogens is 1. The third-order valence-corrected chi connectivity index (χ3v) is 6.71. The first-order valence-corrected chi connectivity index (χ1v) is 10.9. The van der Waals surface area contributed by atoms with E-state index in [-0.39, 0.29) is 11.7 Å². The molecule has 0 fully saturated rings. The quantitative estimate of drug-likeness (QED) is 0.612. The van der Waals surface area contributed by atoms with Gasteiger partial charge >= 0.3 is 0 Å². The number of fused-ring (bicyclic) bond motifs is 1. The van der Waals surface area contributed by atoms with Crippen LogP contribution < -0.4 is 5.32 Å². The van der Waals surface area contributed by atoms with Crippen molar-refractivity contribution in [3.8, 4) is 17.5 Å². The first kappa shape index (κ1) is 18.7. The van der Waals surface area contributed by atoms with Gasteiger partial charge in [-0.25, -0.2) is 4.98 Å². The van der Waals surface area contributed by atoms with Crippen molar-refractivity contribution in [2.45, 2.75) is 37.8 Å². The minimum absolute atomic E-state index is 0.151. The molecule has 1 aliphatic rings. The Morgan fingerprint density at radius 3 is 2.89 bits per heavy atom. The molecule has 0 radical (unpaired) electrons. The Labute approximate surface area is 171 Å². The highest BCUT2D eigenvalue weighted by Crippen LogP contribution is 2.37. The van der Waals surface area contributed by atoms with Crippen LogP contribution in [0.5, 0.6) is 0 Å². The molecule has 142 valence electrons. The van der Waals surface area contributed by atoms with Gasteiger partial charge in [-0.1, -0.05) is 41.6 Å². The lowest BCUT2D eigenvalue weighted by molar-refractivity contribution is -0.113. The lowest BCUT2D eigenvalue weighted by Gasteiger charge is -2.09. The van der Waals surface area contributed by atoms with Crippen molar-refractivity contribution in [3.05, 3.63) is 45.8 Å². The molecular weight excluding hydrogens is 390 g/mol. The number of carbonyl (C=O) groups is 1. The molecule has 2 aromatic heterocycles. The maximum atomic E-state index is 12.4. The van der Waals surface area contributed by atoms with E-state index in [0.29, 0.717) is 21.5 Å². The van der Waals surface area contributed by atoms with Crippen molar-refractivity contribution in [2.24, 2.45) is 0 Å². The van der Waals surface area contributed by atoms with Gasteiger partial charge in [-0.05, 0) is 38.2 Å².